The Bertz CT molecular complexity index is 1950. The Morgan fingerprint density at radius 2 is 1.82 bits per heavy atom. The molecule has 1 saturated carbocycles. The number of imide groups is 1. The minimum atomic E-state index is -4.15. The minimum absolute atomic E-state index is 0.00179. The van der Waals surface area contributed by atoms with E-state index < -0.39 is 57.9 Å². The number of rotatable bonds is 19. The van der Waals surface area contributed by atoms with Gasteiger partial charge in [-0.15, -0.1) is 11.3 Å². The number of carbonyl (C=O) groups is 4. The quantitative estimate of drug-likeness (QED) is 0.0697. The monoisotopic (exact) mass is 809 g/mol. The largest absolute Gasteiger partial charge is 0.390 e. The van der Waals surface area contributed by atoms with Gasteiger partial charge in [0.05, 0.1) is 46.9 Å². The third-order valence-corrected chi connectivity index (χ3v) is 12.6. The van der Waals surface area contributed by atoms with E-state index in [1.807, 2.05) is 37.3 Å². The van der Waals surface area contributed by atoms with Crippen LogP contribution in [0.3, 0.4) is 0 Å². The Morgan fingerprint density at radius 1 is 1.12 bits per heavy atom. The number of aromatic nitrogens is 1. The van der Waals surface area contributed by atoms with Gasteiger partial charge in [-0.3, -0.25) is 14.5 Å². The summed E-state index contributed by atoms with van der Waals surface area (Å²) >= 11 is 1.41. The fraction of sp³-hybridized carbons (Fsp3) is 0.487. The summed E-state index contributed by atoms with van der Waals surface area (Å²) in [4.78, 5) is 64.0. The predicted octanol–water partition coefficient (Wildman–Crippen LogP) is 3.44. The Kier molecular flexibility index (Phi) is 14.9. The molecule has 0 unspecified atom stereocenters. The van der Waals surface area contributed by atoms with Crippen molar-refractivity contribution in [2.24, 2.45) is 22.7 Å². The lowest BCUT2D eigenvalue weighted by molar-refractivity contribution is -0.143. The Morgan fingerprint density at radius 3 is 2.45 bits per heavy atom. The maximum atomic E-state index is 14.3. The highest BCUT2D eigenvalue weighted by Gasteiger charge is 2.44. The normalized spacial score (nSPS) is 17.0. The number of aryl methyl sites for hydroxylation is 1. The lowest BCUT2D eigenvalue weighted by Crippen LogP contribution is -2.57. The summed E-state index contributed by atoms with van der Waals surface area (Å²) in [5.41, 5.74) is 7.23. The van der Waals surface area contributed by atoms with Crippen LogP contribution in [0.4, 0.5) is 4.79 Å². The van der Waals surface area contributed by atoms with Crippen LogP contribution in [0.5, 0.6) is 0 Å². The molecule has 2 heterocycles. The molecule has 2 aliphatic rings. The van der Waals surface area contributed by atoms with Gasteiger partial charge in [0.2, 0.25) is 15.9 Å². The molecule has 2 fully saturated rings. The molecule has 1 aliphatic heterocycles. The van der Waals surface area contributed by atoms with Crippen LogP contribution in [0.15, 0.2) is 70.0 Å². The van der Waals surface area contributed by atoms with Gasteiger partial charge in [-0.1, -0.05) is 74.3 Å². The lowest BCUT2D eigenvalue weighted by atomic mass is 9.97. The van der Waals surface area contributed by atoms with E-state index in [1.54, 1.807) is 19.2 Å². The van der Waals surface area contributed by atoms with Gasteiger partial charge < -0.3 is 25.9 Å². The maximum absolute atomic E-state index is 14.3. The number of oxime groups is 1. The second-order valence-corrected chi connectivity index (χ2v) is 17.6. The first-order valence-corrected chi connectivity index (χ1v) is 21.2. The second kappa shape index (κ2) is 19.5. The molecule has 0 spiro atoms. The summed E-state index contributed by atoms with van der Waals surface area (Å²) in [6.45, 7) is 5.08. The number of benzene rings is 2. The van der Waals surface area contributed by atoms with Crippen molar-refractivity contribution in [1.82, 2.24) is 24.4 Å². The average molecular weight is 810 g/mol. The Labute approximate surface area is 331 Å². The second-order valence-electron chi connectivity index (χ2n) is 14.6. The topological polar surface area (TPSA) is 205 Å². The number of hydrogen-bond acceptors (Lipinski definition) is 12. The number of nitrogens with one attached hydrogen (secondary N) is 1. The summed E-state index contributed by atoms with van der Waals surface area (Å²) in [7, 11) is -4.15. The number of amides is 4. The van der Waals surface area contributed by atoms with E-state index in [9.17, 15) is 32.7 Å². The number of sulfonamides is 1. The van der Waals surface area contributed by atoms with E-state index in [1.165, 1.54) is 51.0 Å². The summed E-state index contributed by atoms with van der Waals surface area (Å²) in [5.74, 6) is -1.92. The molecule has 4 N–H and O–H groups in total. The fourth-order valence-corrected chi connectivity index (χ4v) is 9.21. The van der Waals surface area contributed by atoms with Crippen molar-refractivity contribution in [3.8, 4) is 0 Å². The zero-order valence-corrected chi connectivity index (χ0v) is 33.6. The maximum Gasteiger partial charge on any atom is 0.336 e. The molecule has 5 rings (SSSR count). The lowest BCUT2D eigenvalue weighted by Gasteiger charge is -2.34. The SMILES string of the molecule is Cc1nc(CN2C(=O)CN([C@H](C(=O)N[C@@H](Cc3ccccc3)[C@H](O)CN(CC3CCCC3)S(=O)(=O)c3ccc(C=NOC(=O)CCN)cc3)C(C)C)C2=O)cs1. The average Bonchev–Trinajstić information content (AvgIpc) is 3.90. The van der Waals surface area contributed by atoms with Crippen molar-refractivity contribution < 1.29 is 37.5 Å². The number of nitrogens with zero attached hydrogens (tertiary/aromatic N) is 5. The number of hydrogen-bond donors (Lipinski definition) is 3. The number of urea groups is 1. The van der Waals surface area contributed by atoms with Gasteiger partial charge in [-0.2, -0.15) is 4.31 Å². The van der Waals surface area contributed by atoms with Crippen molar-refractivity contribution in [1.29, 1.82) is 0 Å². The van der Waals surface area contributed by atoms with Gasteiger partial charge in [0, 0.05) is 25.0 Å². The van der Waals surface area contributed by atoms with Gasteiger partial charge in [0.15, 0.2) is 0 Å². The molecule has 0 radical (unpaired) electrons. The van der Waals surface area contributed by atoms with Crippen molar-refractivity contribution in [2.45, 2.75) is 88.9 Å². The van der Waals surface area contributed by atoms with Crippen LogP contribution in [0, 0.1) is 18.8 Å². The molecule has 3 atom stereocenters. The van der Waals surface area contributed by atoms with Crippen LogP contribution < -0.4 is 11.1 Å². The van der Waals surface area contributed by atoms with Crippen LogP contribution in [-0.4, -0.2) is 107 Å². The van der Waals surface area contributed by atoms with Crippen molar-refractivity contribution >= 4 is 51.4 Å². The van der Waals surface area contributed by atoms with Gasteiger partial charge in [0.25, 0.3) is 5.91 Å². The molecule has 302 valence electrons. The summed E-state index contributed by atoms with van der Waals surface area (Å²) in [6, 6.07) is 12.5. The fourth-order valence-electron chi connectivity index (χ4n) is 7.07. The molecule has 1 saturated heterocycles. The smallest absolute Gasteiger partial charge is 0.336 e. The van der Waals surface area contributed by atoms with E-state index in [4.69, 9.17) is 10.6 Å². The first-order chi connectivity index (χ1) is 26.8. The van der Waals surface area contributed by atoms with Crippen molar-refractivity contribution in [2.75, 3.05) is 26.2 Å². The van der Waals surface area contributed by atoms with Crippen molar-refractivity contribution in [3.05, 3.63) is 81.8 Å². The van der Waals surface area contributed by atoms with E-state index in [0.717, 1.165) is 41.2 Å². The standard InChI is InChI=1S/C39H51N7O8S2/c1-26(2)37(46-24-35(48)45(39(46)51)22-31-25-55-27(3)42-31)38(50)43-33(19-28-9-5-4-6-10-28)34(47)23-44(21-30-11-7-8-12-30)56(52,53)32-15-13-29(14-16-32)20-41-54-36(49)17-18-40/h4-6,9-10,13-16,20,25-26,30,33-34,37,47H,7-8,11-12,17-19,21-24,40H2,1-3H3,(H,43,50)/t33-,34+,37-/m0/s1. The summed E-state index contributed by atoms with van der Waals surface area (Å²) in [6.07, 6.45) is 3.76. The molecule has 15 nitrogen and oxygen atoms in total. The number of aliphatic hydroxyl groups is 1. The van der Waals surface area contributed by atoms with Crippen LogP contribution in [0.25, 0.3) is 0 Å². The first kappa shape index (κ1) is 42.6. The van der Waals surface area contributed by atoms with E-state index in [2.05, 4.69) is 15.5 Å². The molecule has 4 amide bonds. The number of carbonyl (C=O) groups excluding carboxylic acids is 4. The van der Waals surface area contributed by atoms with Crippen molar-refractivity contribution in [3.63, 3.8) is 0 Å². The third-order valence-electron chi connectivity index (χ3n) is 9.95. The van der Waals surface area contributed by atoms with Gasteiger partial charge in [-0.05, 0) is 61.3 Å². The number of aliphatic hydroxyl groups excluding tert-OH is 1. The molecule has 1 aromatic heterocycles. The molecule has 0 bridgehead atoms. The van der Waals surface area contributed by atoms with E-state index >= 15 is 0 Å². The predicted molar refractivity (Wildman–Crippen MR) is 211 cm³/mol. The zero-order valence-electron chi connectivity index (χ0n) is 32.0. The van der Waals surface area contributed by atoms with Gasteiger partial charge in [-0.25, -0.2) is 23.0 Å². The molecule has 2 aromatic carbocycles. The minimum Gasteiger partial charge on any atom is -0.390 e. The molecule has 3 aromatic rings. The van der Waals surface area contributed by atoms with Gasteiger partial charge >= 0.3 is 12.0 Å². The molecule has 56 heavy (non-hydrogen) atoms. The number of nitrogens with two attached hydrogens (primary N) is 1. The summed E-state index contributed by atoms with van der Waals surface area (Å²) < 4.78 is 29.8. The summed E-state index contributed by atoms with van der Waals surface area (Å²) in [5, 5.41) is 21.1. The van der Waals surface area contributed by atoms with Crippen LogP contribution >= 0.6 is 11.3 Å². The van der Waals surface area contributed by atoms with E-state index in [0.29, 0.717) is 11.3 Å². The first-order valence-electron chi connectivity index (χ1n) is 18.8. The Hall–Kier alpha value is -4.55. The molecular formula is C39H51N7O8S2. The zero-order chi connectivity index (χ0) is 40.4. The molecular weight excluding hydrogens is 759 g/mol. The Balaban J connectivity index is 1.37. The van der Waals surface area contributed by atoms with E-state index in [-0.39, 0.29) is 56.4 Å². The highest BCUT2D eigenvalue weighted by atomic mass is 32.2. The van der Waals surface area contributed by atoms with Crippen LogP contribution in [-0.2, 0) is 42.2 Å². The molecule has 1 aliphatic carbocycles. The van der Waals surface area contributed by atoms with Crippen LogP contribution in [0.2, 0.25) is 0 Å². The molecule has 17 heteroatoms. The third kappa shape index (κ3) is 11.1. The highest BCUT2D eigenvalue weighted by molar-refractivity contribution is 7.89. The van der Waals surface area contributed by atoms with Gasteiger partial charge in [0.1, 0.15) is 12.6 Å². The number of thiazole rings is 1. The van der Waals surface area contributed by atoms with Crippen LogP contribution in [0.1, 0.15) is 67.8 Å². The highest BCUT2D eigenvalue weighted by Crippen LogP contribution is 2.29.